The molecule has 1 fully saturated rings. The highest BCUT2D eigenvalue weighted by atomic mass is 19.1. The smallest absolute Gasteiger partial charge is 0.222 e. The molecule has 0 unspecified atom stereocenters. The third-order valence-electron chi connectivity index (χ3n) is 5.09. The number of amides is 1. The Morgan fingerprint density at radius 3 is 2.61 bits per heavy atom. The normalized spacial score (nSPS) is 15.3. The molecule has 2 aromatic rings. The quantitative estimate of drug-likeness (QED) is 0.558. The predicted octanol–water partition coefficient (Wildman–Crippen LogP) is 3.11. The predicted molar refractivity (Wildman–Crippen MR) is 111 cm³/mol. The fraction of sp³-hybridized carbons (Fsp3) is 0.476. The Labute approximate surface area is 165 Å². The molecule has 7 heteroatoms. The van der Waals surface area contributed by atoms with Gasteiger partial charge in [-0.2, -0.15) is 0 Å². The number of fused-ring (bicyclic) bond motifs is 1. The molecular weight excluding hydrogens is 357 g/mol. The van der Waals surface area contributed by atoms with Crippen molar-refractivity contribution in [2.24, 2.45) is 0 Å². The van der Waals surface area contributed by atoms with Crippen LogP contribution in [0.1, 0.15) is 44.7 Å². The number of hydrogen-bond donors (Lipinski definition) is 3. The number of nitrogens with one attached hydrogen (secondary N) is 3. The lowest BCUT2D eigenvalue weighted by molar-refractivity contribution is -0.117. The number of hydrogen-bond acceptors (Lipinski definition) is 5. The van der Waals surface area contributed by atoms with Crippen LogP contribution < -0.4 is 15.5 Å². The zero-order chi connectivity index (χ0) is 20.4. The van der Waals surface area contributed by atoms with Crippen molar-refractivity contribution >= 4 is 28.5 Å². The average Bonchev–Trinajstić information content (AvgIpc) is 2.63. The van der Waals surface area contributed by atoms with Crippen molar-refractivity contribution < 1.29 is 9.18 Å². The second kappa shape index (κ2) is 8.22. The van der Waals surface area contributed by atoms with Crippen LogP contribution in [0.3, 0.4) is 0 Å². The molecule has 28 heavy (non-hydrogen) atoms. The van der Waals surface area contributed by atoms with Crippen molar-refractivity contribution in [3.8, 4) is 0 Å². The van der Waals surface area contributed by atoms with Gasteiger partial charge < -0.3 is 15.5 Å². The Bertz CT molecular complexity index is 903. The third kappa shape index (κ3) is 4.30. The average molecular weight is 385 g/mol. The van der Waals surface area contributed by atoms with Gasteiger partial charge in [0.2, 0.25) is 5.91 Å². The van der Waals surface area contributed by atoms with Crippen LogP contribution in [0, 0.1) is 18.2 Å². The molecule has 1 saturated heterocycles. The molecule has 150 valence electrons. The van der Waals surface area contributed by atoms with Crippen LogP contribution in [0.5, 0.6) is 0 Å². The minimum absolute atomic E-state index is 0.0151. The number of amidine groups is 1. The molecule has 0 spiro atoms. The van der Waals surface area contributed by atoms with Gasteiger partial charge in [-0.25, -0.2) is 9.37 Å². The fourth-order valence-corrected chi connectivity index (χ4v) is 3.75. The number of nitrogens with zero attached hydrogens (tertiary/aromatic N) is 2. The Kier molecular flexibility index (Phi) is 5.93. The minimum Gasteiger partial charge on any atom is -0.356 e. The van der Waals surface area contributed by atoms with E-state index in [-0.39, 0.29) is 17.6 Å². The topological polar surface area (TPSA) is 81.1 Å². The zero-order valence-electron chi connectivity index (χ0n) is 16.9. The molecule has 2 heterocycles. The lowest BCUT2D eigenvalue weighted by atomic mass is 10.0. The summed E-state index contributed by atoms with van der Waals surface area (Å²) in [7, 11) is 0. The third-order valence-corrected chi connectivity index (χ3v) is 5.09. The molecular formula is C21H28FN5O. The zero-order valence-corrected chi connectivity index (χ0v) is 16.9. The highest BCUT2D eigenvalue weighted by molar-refractivity contribution is 6.10. The van der Waals surface area contributed by atoms with E-state index in [0.29, 0.717) is 34.5 Å². The summed E-state index contributed by atoms with van der Waals surface area (Å²) in [5, 5.41) is 15.2. The molecule has 1 aliphatic heterocycles. The Balaban J connectivity index is 1.99. The maximum Gasteiger partial charge on any atom is 0.222 e. The monoisotopic (exact) mass is 385 g/mol. The summed E-state index contributed by atoms with van der Waals surface area (Å²) in [6, 6.07) is 5.78. The first-order valence-corrected chi connectivity index (χ1v) is 9.73. The van der Waals surface area contributed by atoms with Crippen molar-refractivity contribution in [2.75, 3.05) is 18.0 Å². The number of halogens is 1. The van der Waals surface area contributed by atoms with Crippen molar-refractivity contribution in [3.05, 3.63) is 35.1 Å². The first kappa shape index (κ1) is 20.2. The molecule has 1 aromatic carbocycles. The summed E-state index contributed by atoms with van der Waals surface area (Å²) < 4.78 is 14.1. The van der Waals surface area contributed by atoms with Gasteiger partial charge in [-0.05, 0) is 38.0 Å². The summed E-state index contributed by atoms with van der Waals surface area (Å²) in [4.78, 5) is 18.4. The number of aromatic nitrogens is 1. The summed E-state index contributed by atoms with van der Waals surface area (Å²) in [6.07, 6.45) is 1.93. The number of aryl methyl sites for hydroxylation is 1. The van der Waals surface area contributed by atoms with Crippen LogP contribution in [0.2, 0.25) is 0 Å². The van der Waals surface area contributed by atoms with Gasteiger partial charge in [-0.15, -0.1) is 0 Å². The number of rotatable bonds is 4. The van der Waals surface area contributed by atoms with Gasteiger partial charge in [0.15, 0.2) is 0 Å². The standard InChI is InChI=1S/C21H28FN5O/c1-12(2)24-16-7-9-27(10-8-16)21-17(20(23)25-14(4)28)11-15-5-6-18(22)13(3)19(15)26-21/h5-6,11-12,16,24H,7-10H2,1-4H3,(H2,23,25,28). The van der Waals surface area contributed by atoms with E-state index in [9.17, 15) is 9.18 Å². The molecule has 0 bridgehead atoms. The van der Waals surface area contributed by atoms with Crippen molar-refractivity contribution in [1.82, 2.24) is 15.6 Å². The molecule has 3 rings (SSSR count). The summed E-state index contributed by atoms with van der Waals surface area (Å²) in [6.45, 7) is 8.95. The molecule has 1 amide bonds. The van der Waals surface area contributed by atoms with Crippen LogP contribution in [0.25, 0.3) is 10.9 Å². The second-order valence-corrected chi connectivity index (χ2v) is 7.74. The van der Waals surface area contributed by atoms with E-state index in [2.05, 4.69) is 29.4 Å². The molecule has 3 N–H and O–H groups in total. The maximum absolute atomic E-state index is 14.1. The van der Waals surface area contributed by atoms with E-state index in [4.69, 9.17) is 10.4 Å². The number of pyridine rings is 1. The SMILES string of the molecule is CC(=O)NC(=N)c1cc2ccc(F)c(C)c2nc1N1CCC(NC(C)C)CC1. The van der Waals surface area contributed by atoms with E-state index in [1.165, 1.54) is 13.0 Å². The van der Waals surface area contributed by atoms with E-state index in [0.717, 1.165) is 31.3 Å². The molecule has 1 aromatic heterocycles. The van der Waals surface area contributed by atoms with E-state index < -0.39 is 0 Å². The van der Waals surface area contributed by atoms with Gasteiger partial charge in [-0.3, -0.25) is 10.2 Å². The highest BCUT2D eigenvalue weighted by Crippen LogP contribution is 2.29. The first-order valence-electron chi connectivity index (χ1n) is 9.73. The van der Waals surface area contributed by atoms with Gasteiger partial charge in [0.1, 0.15) is 17.5 Å². The second-order valence-electron chi connectivity index (χ2n) is 7.74. The Hall–Kier alpha value is -2.54. The number of benzene rings is 1. The van der Waals surface area contributed by atoms with E-state index in [1.54, 1.807) is 13.0 Å². The molecule has 6 nitrogen and oxygen atoms in total. The van der Waals surface area contributed by atoms with Gasteiger partial charge >= 0.3 is 0 Å². The number of carbonyl (C=O) groups excluding carboxylic acids is 1. The lowest BCUT2D eigenvalue weighted by Gasteiger charge is -2.35. The number of anilines is 1. The van der Waals surface area contributed by atoms with Crippen molar-refractivity contribution in [3.63, 3.8) is 0 Å². The minimum atomic E-state index is -0.300. The van der Waals surface area contributed by atoms with Crippen LogP contribution in [-0.2, 0) is 4.79 Å². The van der Waals surface area contributed by atoms with Gasteiger partial charge in [0.25, 0.3) is 0 Å². The summed E-state index contributed by atoms with van der Waals surface area (Å²) in [5.41, 5.74) is 1.65. The Morgan fingerprint density at radius 2 is 2.00 bits per heavy atom. The van der Waals surface area contributed by atoms with Gasteiger partial charge in [0.05, 0.1) is 11.1 Å². The van der Waals surface area contributed by atoms with Crippen LogP contribution in [0.15, 0.2) is 18.2 Å². The maximum atomic E-state index is 14.1. The van der Waals surface area contributed by atoms with Crippen molar-refractivity contribution in [2.45, 2.75) is 52.6 Å². The van der Waals surface area contributed by atoms with E-state index >= 15 is 0 Å². The van der Waals surface area contributed by atoms with Gasteiger partial charge in [0, 0.05) is 43.0 Å². The van der Waals surface area contributed by atoms with Crippen LogP contribution in [-0.4, -0.2) is 41.9 Å². The summed E-state index contributed by atoms with van der Waals surface area (Å²) >= 11 is 0. The fourth-order valence-electron chi connectivity index (χ4n) is 3.75. The Morgan fingerprint density at radius 1 is 1.32 bits per heavy atom. The molecule has 0 atom stereocenters. The summed E-state index contributed by atoms with van der Waals surface area (Å²) in [5.74, 6) is 0.0471. The number of carbonyl (C=O) groups is 1. The largest absolute Gasteiger partial charge is 0.356 e. The molecule has 0 radical (unpaired) electrons. The van der Waals surface area contributed by atoms with Gasteiger partial charge in [-0.1, -0.05) is 13.8 Å². The number of piperidine rings is 1. The molecule has 0 aliphatic carbocycles. The van der Waals surface area contributed by atoms with Crippen molar-refractivity contribution in [1.29, 1.82) is 5.41 Å². The molecule has 1 aliphatic rings. The highest BCUT2D eigenvalue weighted by Gasteiger charge is 2.24. The van der Waals surface area contributed by atoms with Crippen LogP contribution in [0.4, 0.5) is 10.2 Å². The molecule has 0 saturated carbocycles. The first-order chi connectivity index (χ1) is 13.3. The van der Waals surface area contributed by atoms with Crippen LogP contribution >= 0.6 is 0 Å². The lowest BCUT2D eigenvalue weighted by Crippen LogP contribution is -2.45. The van der Waals surface area contributed by atoms with E-state index in [1.807, 2.05) is 6.07 Å².